The Bertz CT molecular complexity index is 1360. The number of methoxy groups -OCH3 is 2. The highest BCUT2D eigenvalue weighted by Gasteiger charge is 2.34. The van der Waals surface area contributed by atoms with Gasteiger partial charge in [-0.3, -0.25) is 0 Å². The molecule has 178 valence electrons. The second-order valence-corrected chi connectivity index (χ2v) is 8.36. The summed E-state index contributed by atoms with van der Waals surface area (Å²) < 4.78 is 22.0. The van der Waals surface area contributed by atoms with Crippen LogP contribution in [0.15, 0.2) is 81.6 Å². The highest BCUT2D eigenvalue weighted by atomic mass is 32.1. The van der Waals surface area contributed by atoms with Gasteiger partial charge in [0, 0.05) is 11.3 Å². The third-order valence-electron chi connectivity index (χ3n) is 5.92. The van der Waals surface area contributed by atoms with Gasteiger partial charge in [0.25, 0.3) is 5.89 Å². The summed E-state index contributed by atoms with van der Waals surface area (Å²) in [7, 11) is 3.27. The number of benzene rings is 2. The number of rotatable bonds is 7. The average Bonchev–Trinajstić information content (AvgIpc) is 3.59. The van der Waals surface area contributed by atoms with Crippen molar-refractivity contribution in [3.05, 3.63) is 89.8 Å². The summed E-state index contributed by atoms with van der Waals surface area (Å²) in [6.45, 7) is 2.47. The zero-order chi connectivity index (χ0) is 24.4. The molecule has 0 aliphatic carbocycles. The van der Waals surface area contributed by atoms with E-state index in [1.54, 1.807) is 20.5 Å². The Labute approximate surface area is 208 Å². The van der Waals surface area contributed by atoms with Gasteiger partial charge in [0.1, 0.15) is 17.3 Å². The van der Waals surface area contributed by atoms with Crippen LogP contribution in [0.25, 0.3) is 17.0 Å². The van der Waals surface area contributed by atoms with E-state index in [9.17, 15) is 0 Å². The maximum atomic E-state index is 5.80. The Hall–Kier alpha value is -4.11. The van der Waals surface area contributed by atoms with E-state index in [4.69, 9.17) is 35.6 Å². The number of nitrogens with zero attached hydrogens (tertiary/aromatic N) is 3. The SMILES string of the molecule is COc1ccc(C2NC(=S)N(Cc3ccco3)C(C)=C2c2nc(-c3cccc(OC)c3)no2)cc1. The van der Waals surface area contributed by atoms with Crippen molar-refractivity contribution in [2.45, 2.75) is 19.5 Å². The van der Waals surface area contributed by atoms with E-state index >= 15 is 0 Å². The van der Waals surface area contributed by atoms with Crippen molar-refractivity contribution in [1.82, 2.24) is 20.4 Å². The number of hydrogen-bond acceptors (Lipinski definition) is 7. The summed E-state index contributed by atoms with van der Waals surface area (Å²) >= 11 is 5.75. The quantitative estimate of drug-likeness (QED) is 0.352. The molecule has 5 rings (SSSR count). The first-order valence-corrected chi connectivity index (χ1v) is 11.4. The lowest BCUT2D eigenvalue weighted by atomic mass is 9.94. The molecule has 3 heterocycles. The number of furan rings is 1. The molecule has 0 bridgehead atoms. The van der Waals surface area contributed by atoms with Gasteiger partial charge in [0.05, 0.1) is 38.6 Å². The van der Waals surface area contributed by atoms with Crippen molar-refractivity contribution in [1.29, 1.82) is 0 Å². The van der Waals surface area contributed by atoms with Gasteiger partial charge < -0.3 is 28.6 Å². The third kappa shape index (κ3) is 4.50. The van der Waals surface area contributed by atoms with Gasteiger partial charge >= 0.3 is 0 Å². The van der Waals surface area contributed by atoms with Crippen LogP contribution in [-0.4, -0.2) is 34.4 Å². The number of ether oxygens (including phenoxy) is 2. The van der Waals surface area contributed by atoms with Crippen molar-refractivity contribution >= 4 is 22.9 Å². The van der Waals surface area contributed by atoms with Crippen LogP contribution in [-0.2, 0) is 6.54 Å². The molecule has 2 aromatic heterocycles. The maximum Gasteiger partial charge on any atom is 0.258 e. The van der Waals surface area contributed by atoms with Crippen LogP contribution in [0.3, 0.4) is 0 Å². The molecule has 35 heavy (non-hydrogen) atoms. The molecular weight excluding hydrogens is 464 g/mol. The van der Waals surface area contributed by atoms with E-state index in [1.165, 1.54) is 0 Å². The standard InChI is InChI=1S/C26H24N4O4S/c1-16-22(25-28-24(29-34-25)18-6-4-7-20(14-18)32-3)23(17-9-11-19(31-2)12-10-17)27-26(35)30(16)15-21-8-5-13-33-21/h4-14,23H,15H2,1-3H3,(H,27,35). The Kier molecular flexibility index (Phi) is 6.24. The van der Waals surface area contributed by atoms with Crippen molar-refractivity contribution in [2.24, 2.45) is 0 Å². The van der Waals surface area contributed by atoms with Crippen LogP contribution in [0.1, 0.15) is 30.2 Å². The van der Waals surface area contributed by atoms with Gasteiger partial charge in [-0.2, -0.15) is 4.98 Å². The lowest BCUT2D eigenvalue weighted by Gasteiger charge is -2.37. The molecule has 0 amide bonds. The molecular formula is C26H24N4O4S. The summed E-state index contributed by atoms with van der Waals surface area (Å²) in [6.07, 6.45) is 1.65. The molecule has 1 unspecified atom stereocenters. The van der Waals surface area contributed by atoms with Crippen molar-refractivity contribution in [3.63, 3.8) is 0 Å². The number of aromatic nitrogens is 2. The van der Waals surface area contributed by atoms with E-state index < -0.39 is 0 Å². The molecule has 2 aromatic carbocycles. The smallest absolute Gasteiger partial charge is 0.258 e. The second-order valence-electron chi connectivity index (χ2n) is 7.98. The van der Waals surface area contributed by atoms with Crippen molar-refractivity contribution < 1.29 is 18.4 Å². The van der Waals surface area contributed by atoms with E-state index in [1.807, 2.05) is 72.5 Å². The molecule has 0 radical (unpaired) electrons. The minimum absolute atomic E-state index is 0.292. The predicted octanol–water partition coefficient (Wildman–Crippen LogP) is 5.21. The van der Waals surface area contributed by atoms with Crippen LogP contribution < -0.4 is 14.8 Å². The largest absolute Gasteiger partial charge is 0.497 e. The maximum absolute atomic E-state index is 5.80. The Balaban J connectivity index is 1.58. The fourth-order valence-electron chi connectivity index (χ4n) is 4.07. The number of nitrogens with one attached hydrogen (secondary N) is 1. The fourth-order valence-corrected chi connectivity index (χ4v) is 4.39. The zero-order valence-corrected chi connectivity index (χ0v) is 20.3. The lowest BCUT2D eigenvalue weighted by Crippen LogP contribution is -2.45. The van der Waals surface area contributed by atoms with E-state index in [0.717, 1.165) is 39.7 Å². The average molecular weight is 489 g/mol. The van der Waals surface area contributed by atoms with Gasteiger partial charge in [0.15, 0.2) is 5.11 Å². The molecule has 0 fully saturated rings. The molecule has 1 aliphatic heterocycles. The van der Waals surface area contributed by atoms with Gasteiger partial charge in [-0.1, -0.05) is 29.4 Å². The first-order chi connectivity index (χ1) is 17.1. The van der Waals surface area contributed by atoms with E-state index in [0.29, 0.717) is 23.4 Å². The topological polar surface area (TPSA) is 85.8 Å². The Morgan fingerprint density at radius 1 is 1.03 bits per heavy atom. The first kappa shape index (κ1) is 22.7. The monoisotopic (exact) mass is 488 g/mol. The minimum Gasteiger partial charge on any atom is -0.497 e. The number of allylic oxidation sites excluding steroid dienone is 1. The van der Waals surface area contributed by atoms with Crippen LogP contribution >= 0.6 is 12.2 Å². The van der Waals surface area contributed by atoms with Crippen LogP contribution in [0.4, 0.5) is 0 Å². The summed E-state index contributed by atoms with van der Waals surface area (Å²) in [5, 5.41) is 8.28. The molecule has 1 aliphatic rings. The first-order valence-electron chi connectivity index (χ1n) is 11.0. The zero-order valence-electron chi connectivity index (χ0n) is 19.5. The van der Waals surface area contributed by atoms with Crippen LogP contribution in [0.5, 0.6) is 11.5 Å². The molecule has 1 N–H and O–H groups in total. The summed E-state index contributed by atoms with van der Waals surface area (Å²) in [5.74, 6) is 3.15. The molecule has 0 saturated heterocycles. The molecule has 8 nitrogen and oxygen atoms in total. The van der Waals surface area contributed by atoms with Crippen LogP contribution in [0.2, 0.25) is 0 Å². The Morgan fingerprint density at radius 3 is 2.54 bits per heavy atom. The molecule has 1 atom stereocenters. The van der Waals surface area contributed by atoms with Crippen molar-refractivity contribution in [3.8, 4) is 22.9 Å². The second kappa shape index (κ2) is 9.63. The lowest BCUT2D eigenvalue weighted by molar-refractivity contribution is 0.382. The van der Waals surface area contributed by atoms with Gasteiger partial charge in [-0.25, -0.2) is 0 Å². The van der Waals surface area contributed by atoms with E-state index in [2.05, 4.69) is 10.5 Å². The molecule has 9 heteroatoms. The summed E-state index contributed by atoms with van der Waals surface area (Å²) in [4.78, 5) is 6.72. The highest BCUT2D eigenvalue weighted by molar-refractivity contribution is 7.80. The normalized spacial score (nSPS) is 15.8. The van der Waals surface area contributed by atoms with Gasteiger partial charge in [-0.15, -0.1) is 0 Å². The summed E-state index contributed by atoms with van der Waals surface area (Å²) in [6, 6.07) is 18.8. The van der Waals surface area contributed by atoms with E-state index in [-0.39, 0.29) is 6.04 Å². The fraction of sp³-hybridized carbons (Fsp3) is 0.192. The Morgan fingerprint density at radius 2 is 1.83 bits per heavy atom. The number of thiocarbonyl (C=S) groups is 1. The summed E-state index contributed by atoms with van der Waals surface area (Å²) in [5.41, 5.74) is 3.51. The van der Waals surface area contributed by atoms with Crippen molar-refractivity contribution in [2.75, 3.05) is 14.2 Å². The molecule has 0 saturated carbocycles. The minimum atomic E-state index is -0.292. The molecule has 4 aromatic rings. The van der Waals surface area contributed by atoms with Gasteiger partial charge in [-0.05, 0) is 61.1 Å². The molecule has 0 spiro atoms. The highest BCUT2D eigenvalue weighted by Crippen LogP contribution is 2.38. The van der Waals surface area contributed by atoms with Crippen LogP contribution in [0, 0.1) is 0 Å². The van der Waals surface area contributed by atoms with Gasteiger partial charge in [0.2, 0.25) is 5.82 Å². The third-order valence-corrected chi connectivity index (χ3v) is 6.26. The predicted molar refractivity (Wildman–Crippen MR) is 135 cm³/mol. The number of hydrogen-bond donors (Lipinski definition) is 1.